The lowest BCUT2D eigenvalue weighted by Crippen LogP contribution is -2.46. The van der Waals surface area contributed by atoms with Crippen LogP contribution >= 0.6 is 23.2 Å². The maximum atomic E-state index is 5.62. The van der Waals surface area contributed by atoms with Crippen molar-refractivity contribution in [3.05, 3.63) is 23.4 Å². The van der Waals surface area contributed by atoms with Gasteiger partial charge < -0.3 is 5.32 Å². The minimum Gasteiger partial charge on any atom is -0.342 e. The molecule has 0 fully saturated rings. The van der Waals surface area contributed by atoms with Crippen molar-refractivity contribution in [1.29, 1.82) is 0 Å². The van der Waals surface area contributed by atoms with Gasteiger partial charge in [-0.3, -0.25) is 5.73 Å². The summed E-state index contributed by atoms with van der Waals surface area (Å²) < 4.78 is 0. The normalized spacial score (nSPS) is 33.4. The minimum absolute atomic E-state index is 0.454. The first-order valence-electron chi connectivity index (χ1n) is 2.41. The predicted molar refractivity (Wildman–Crippen MR) is 39.0 cm³/mol. The van der Waals surface area contributed by atoms with Crippen molar-refractivity contribution in [2.45, 2.75) is 5.12 Å². The van der Waals surface area contributed by atoms with Crippen LogP contribution in [0, 0.1) is 0 Å². The van der Waals surface area contributed by atoms with Crippen LogP contribution < -0.4 is 11.1 Å². The highest BCUT2D eigenvalue weighted by Gasteiger charge is 2.18. The summed E-state index contributed by atoms with van der Waals surface area (Å²) in [5, 5.41) is 2.08. The molecule has 0 aromatic carbocycles. The van der Waals surface area contributed by atoms with Crippen molar-refractivity contribution < 1.29 is 0 Å². The average Bonchev–Trinajstić information content (AvgIpc) is 1.60. The molecule has 1 unspecified atom stereocenters. The second kappa shape index (κ2) is 2.21. The van der Waals surface area contributed by atoms with Crippen molar-refractivity contribution in [2.24, 2.45) is 5.73 Å². The van der Waals surface area contributed by atoms with Gasteiger partial charge in [0, 0.05) is 0 Å². The summed E-state index contributed by atoms with van der Waals surface area (Å²) in [5.74, 6) is 0. The summed E-state index contributed by atoms with van der Waals surface area (Å²) in [5.41, 5.74) is 5.41. The molecular weight excluding hydrogens is 159 g/mol. The van der Waals surface area contributed by atoms with Gasteiger partial charge in [0.2, 0.25) is 0 Å². The number of nitrogens with two attached hydrogens (primary N) is 1. The van der Waals surface area contributed by atoms with Crippen LogP contribution in [0.5, 0.6) is 0 Å². The zero-order valence-electron chi connectivity index (χ0n) is 4.57. The van der Waals surface area contributed by atoms with E-state index in [9.17, 15) is 0 Å². The Morgan fingerprint density at radius 3 is 2.67 bits per heavy atom. The Morgan fingerprint density at radius 1 is 1.67 bits per heavy atom. The third-order valence-corrected chi connectivity index (χ3v) is 1.33. The zero-order chi connectivity index (χ0) is 6.91. The summed E-state index contributed by atoms with van der Waals surface area (Å²) in [4.78, 5) is 0. The Labute approximate surface area is 63.3 Å². The van der Waals surface area contributed by atoms with Crippen LogP contribution in [-0.2, 0) is 0 Å². The van der Waals surface area contributed by atoms with E-state index in [1.54, 1.807) is 18.2 Å². The van der Waals surface area contributed by atoms with Gasteiger partial charge in [0.15, 0.2) is 5.12 Å². The first-order valence-corrected chi connectivity index (χ1v) is 3.17. The molecule has 50 valence electrons. The van der Waals surface area contributed by atoms with Crippen molar-refractivity contribution >= 4 is 23.2 Å². The van der Waals surface area contributed by atoms with Crippen LogP contribution in [0.25, 0.3) is 0 Å². The average molecular weight is 165 g/mol. The van der Waals surface area contributed by atoms with Gasteiger partial charge in [-0.1, -0.05) is 29.3 Å². The first-order chi connectivity index (χ1) is 4.10. The SMILES string of the molecule is NC1(Cl)C=CC=C(Cl)N1. The number of rotatable bonds is 0. The highest BCUT2D eigenvalue weighted by atomic mass is 35.5. The summed E-state index contributed by atoms with van der Waals surface area (Å²) in [6.07, 6.45) is 4.99. The molecule has 0 radical (unpaired) electrons. The molecule has 1 atom stereocenters. The van der Waals surface area contributed by atoms with Crippen molar-refractivity contribution in [2.75, 3.05) is 0 Å². The highest BCUT2D eigenvalue weighted by molar-refractivity contribution is 6.31. The topological polar surface area (TPSA) is 38.0 Å². The van der Waals surface area contributed by atoms with Crippen LogP contribution in [0.4, 0.5) is 0 Å². The molecule has 9 heavy (non-hydrogen) atoms. The third-order valence-electron chi connectivity index (χ3n) is 0.892. The Kier molecular flexibility index (Phi) is 1.70. The number of nitrogens with one attached hydrogen (secondary N) is 1. The van der Waals surface area contributed by atoms with Crippen molar-refractivity contribution in [3.63, 3.8) is 0 Å². The van der Waals surface area contributed by atoms with Gasteiger partial charge in [-0.25, -0.2) is 0 Å². The fraction of sp³-hybridized carbons (Fsp3) is 0.200. The molecule has 2 nitrogen and oxygen atoms in total. The van der Waals surface area contributed by atoms with Crippen LogP contribution in [0.3, 0.4) is 0 Å². The fourth-order valence-electron chi connectivity index (χ4n) is 0.539. The van der Waals surface area contributed by atoms with E-state index in [-0.39, 0.29) is 0 Å². The van der Waals surface area contributed by atoms with Gasteiger partial charge in [-0.2, -0.15) is 0 Å². The first kappa shape index (κ1) is 6.93. The molecule has 1 aliphatic heterocycles. The number of alkyl halides is 1. The van der Waals surface area contributed by atoms with E-state index < -0.39 is 5.12 Å². The van der Waals surface area contributed by atoms with E-state index in [1.165, 1.54) is 0 Å². The molecular formula is C5H6Cl2N2. The Bertz CT molecular complexity index is 172. The van der Waals surface area contributed by atoms with Gasteiger partial charge in [-0.15, -0.1) is 0 Å². The summed E-state index contributed by atoms with van der Waals surface area (Å²) in [6, 6.07) is 0. The van der Waals surface area contributed by atoms with E-state index in [1.807, 2.05) is 0 Å². The number of allylic oxidation sites excluding steroid dienone is 2. The second-order valence-corrected chi connectivity index (χ2v) is 2.80. The molecule has 1 heterocycles. The number of dihydropyridines is 1. The highest BCUT2D eigenvalue weighted by Crippen LogP contribution is 2.14. The quantitative estimate of drug-likeness (QED) is 0.416. The molecule has 1 rings (SSSR count). The Hall–Kier alpha value is -0.180. The van der Waals surface area contributed by atoms with Gasteiger partial charge in [-0.05, 0) is 12.2 Å². The molecule has 0 aromatic heterocycles. The van der Waals surface area contributed by atoms with Crippen LogP contribution in [0.15, 0.2) is 23.4 Å². The molecule has 0 saturated carbocycles. The molecule has 0 spiro atoms. The molecule has 0 aromatic rings. The largest absolute Gasteiger partial charge is 0.342 e. The van der Waals surface area contributed by atoms with E-state index in [0.29, 0.717) is 5.16 Å². The molecule has 0 bridgehead atoms. The van der Waals surface area contributed by atoms with E-state index in [0.717, 1.165) is 0 Å². The van der Waals surface area contributed by atoms with Crippen molar-refractivity contribution in [3.8, 4) is 0 Å². The third kappa shape index (κ3) is 1.90. The lowest BCUT2D eigenvalue weighted by molar-refractivity contribution is 0.643. The van der Waals surface area contributed by atoms with Crippen molar-refractivity contribution in [1.82, 2.24) is 5.32 Å². The number of halogens is 2. The van der Waals surface area contributed by atoms with Crippen LogP contribution in [0.1, 0.15) is 0 Å². The summed E-state index contributed by atoms with van der Waals surface area (Å²) >= 11 is 11.2. The van der Waals surface area contributed by atoms with Gasteiger partial charge in [0.25, 0.3) is 0 Å². The molecule has 3 N–H and O–H groups in total. The van der Waals surface area contributed by atoms with Gasteiger partial charge in [0.1, 0.15) is 5.16 Å². The monoisotopic (exact) mass is 164 g/mol. The maximum Gasteiger partial charge on any atom is 0.184 e. The Morgan fingerprint density at radius 2 is 2.33 bits per heavy atom. The smallest absolute Gasteiger partial charge is 0.184 e. The van der Waals surface area contributed by atoms with Crippen LogP contribution in [-0.4, -0.2) is 5.12 Å². The molecule has 0 aliphatic carbocycles. The molecule has 0 saturated heterocycles. The predicted octanol–water partition coefficient (Wildman–Crippen LogP) is 1.08. The Balaban J connectivity index is 2.73. The number of hydrogen-bond donors (Lipinski definition) is 2. The summed E-state index contributed by atoms with van der Waals surface area (Å²) in [7, 11) is 0. The van der Waals surface area contributed by atoms with E-state index in [2.05, 4.69) is 5.32 Å². The maximum absolute atomic E-state index is 5.62. The standard InChI is InChI=1S/C5H6Cl2N2/c6-4-2-1-3-5(7,8)9-4/h1-3,9H,8H2. The van der Waals surface area contributed by atoms with Gasteiger partial charge >= 0.3 is 0 Å². The molecule has 0 amide bonds. The summed E-state index contributed by atoms with van der Waals surface area (Å²) in [6.45, 7) is 0. The zero-order valence-corrected chi connectivity index (χ0v) is 6.08. The molecule has 4 heteroatoms. The van der Waals surface area contributed by atoms with Gasteiger partial charge in [0.05, 0.1) is 0 Å². The lowest BCUT2D eigenvalue weighted by Gasteiger charge is -2.22. The van der Waals surface area contributed by atoms with E-state index >= 15 is 0 Å². The molecule has 1 aliphatic rings. The minimum atomic E-state index is -1.01. The number of hydrogen-bond acceptors (Lipinski definition) is 2. The van der Waals surface area contributed by atoms with Crippen LogP contribution in [0.2, 0.25) is 0 Å². The second-order valence-electron chi connectivity index (χ2n) is 1.77. The fourth-order valence-corrected chi connectivity index (χ4v) is 0.991. The lowest BCUT2D eigenvalue weighted by atomic mass is 10.3. The van der Waals surface area contributed by atoms with E-state index in [4.69, 9.17) is 28.9 Å².